The number of benzene rings is 1. The number of piperazine rings is 1. The maximum atomic E-state index is 12.7. The van der Waals surface area contributed by atoms with Crippen LogP contribution in [-0.2, 0) is 9.53 Å². The Morgan fingerprint density at radius 1 is 1.29 bits per heavy atom. The van der Waals surface area contributed by atoms with Crippen molar-refractivity contribution in [1.82, 2.24) is 15.5 Å². The molecule has 114 valence electrons. The Balaban J connectivity index is 1.79. The van der Waals surface area contributed by atoms with E-state index in [1.165, 1.54) is 0 Å². The first-order chi connectivity index (χ1) is 10.3. The van der Waals surface area contributed by atoms with Gasteiger partial charge in [-0.25, -0.2) is 0 Å². The Kier molecular flexibility index (Phi) is 4.75. The second-order valence-electron chi connectivity index (χ2n) is 5.37. The van der Waals surface area contributed by atoms with E-state index in [1.807, 2.05) is 29.2 Å². The van der Waals surface area contributed by atoms with Crippen molar-refractivity contribution >= 4 is 17.5 Å². The molecule has 6 heteroatoms. The van der Waals surface area contributed by atoms with Gasteiger partial charge in [0.15, 0.2) is 0 Å². The number of nitrogens with one attached hydrogen (secondary N) is 2. The Morgan fingerprint density at radius 2 is 2.14 bits per heavy atom. The third-order valence-electron chi connectivity index (χ3n) is 3.96. The summed E-state index contributed by atoms with van der Waals surface area (Å²) in [4.78, 5) is 14.6. The minimum atomic E-state index is -0.376. The van der Waals surface area contributed by atoms with Crippen LogP contribution in [0.15, 0.2) is 24.3 Å². The second kappa shape index (κ2) is 6.75. The molecule has 0 spiro atoms. The lowest BCUT2D eigenvalue weighted by Gasteiger charge is -2.39. The predicted molar refractivity (Wildman–Crippen MR) is 81.4 cm³/mol. The van der Waals surface area contributed by atoms with Gasteiger partial charge in [0, 0.05) is 37.7 Å². The SMILES string of the molecule is O=C([C@@H]1CNCCO1)N1CCNCC1c1cccc(Cl)c1. The van der Waals surface area contributed by atoms with Crippen molar-refractivity contribution in [3.63, 3.8) is 0 Å². The normalized spacial score (nSPS) is 26.6. The van der Waals surface area contributed by atoms with Crippen molar-refractivity contribution in [2.75, 3.05) is 39.3 Å². The number of nitrogens with zero attached hydrogens (tertiary/aromatic N) is 1. The van der Waals surface area contributed by atoms with E-state index in [0.29, 0.717) is 24.7 Å². The van der Waals surface area contributed by atoms with Gasteiger partial charge in [-0.1, -0.05) is 23.7 Å². The fraction of sp³-hybridized carbons (Fsp3) is 0.533. The van der Waals surface area contributed by atoms with E-state index in [0.717, 1.165) is 25.2 Å². The van der Waals surface area contributed by atoms with Gasteiger partial charge in [0.05, 0.1) is 12.6 Å². The summed E-state index contributed by atoms with van der Waals surface area (Å²) in [6.07, 6.45) is -0.376. The molecule has 0 saturated carbocycles. The summed E-state index contributed by atoms with van der Waals surface area (Å²) in [7, 11) is 0. The number of hydrogen-bond donors (Lipinski definition) is 2. The molecule has 0 aromatic heterocycles. The van der Waals surface area contributed by atoms with E-state index >= 15 is 0 Å². The maximum Gasteiger partial charge on any atom is 0.253 e. The molecule has 2 aliphatic heterocycles. The van der Waals surface area contributed by atoms with Gasteiger partial charge in [0.25, 0.3) is 5.91 Å². The van der Waals surface area contributed by atoms with E-state index in [1.54, 1.807) is 0 Å². The van der Waals surface area contributed by atoms with Crippen LogP contribution in [0.1, 0.15) is 11.6 Å². The Hall–Kier alpha value is -1.14. The first-order valence-corrected chi connectivity index (χ1v) is 7.72. The molecule has 0 aliphatic carbocycles. The van der Waals surface area contributed by atoms with Crippen LogP contribution in [0.5, 0.6) is 0 Å². The van der Waals surface area contributed by atoms with Crippen LogP contribution in [0.3, 0.4) is 0 Å². The lowest BCUT2D eigenvalue weighted by atomic mass is 10.0. The molecule has 2 heterocycles. The highest BCUT2D eigenvalue weighted by molar-refractivity contribution is 6.30. The fourth-order valence-electron chi connectivity index (χ4n) is 2.89. The Bertz CT molecular complexity index is 505. The number of carbonyl (C=O) groups excluding carboxylic acids is 1. The lowest BCUT2D eigenvalue weighted by molar-refractivity contribution is -0.148. The van der Waals surface area contributed by atoms with Gasteiger partial charge in [-0.2, -0.15) is 0 Å². The number of amides is 1. The second-order valence-corrected chi connectivity index (χ2v) is 5.81. The number of carbonyl (C=O) groups is 1. The fourth-order valence-corrected chi connectivity index (χ4v) is 3.09. The molecule has 0 radical (unpaired) electrons. The summed E-state index contributed by atoms with van der Waals surface area (Å²) in [5, 5.41) is 7.25. The molecule has 0 bridgehead atoms. The van der Waals surface area contributed by atoms with Crippen molar-refractivity contribution < 1.29 is 9.53 Å². The van der Waals surface area contributed by atoms with Gasteiger partial charge >= 0.3 is 0 Å². The van der Waals surface area contributed by atoms with Crippen molar-refractivity contribution in [1.29, 1.82) is 0 Å². The number of morpholine rings is 1. The quantitative estimate of drug-likeness (QED) is 0.848. The molecule has 2 atom stereocenters. The van der Waals surface area contributed by atoms with Crippen LogP contribution in [0, 0.1) is 0 Å². The van der Waals surface area contributed by atoms with Crippen molar-refractivity contribution in [3.8, 4) is 0 Å². The highest BCUT2D eigenvalue weighted by Crippen LogP contribution is 2.25. The van der Waals surface area contributed by atoms with Crippen LogP contribution < -0.4 is 10.6 Å². The number of rotatable bonds is 2. The molecule has 1 aromatic rings. The zero-order valence-corrected chi connectivity index (χ0v) is 12.6. The number of ether oxygens (including phenoxy) is 1. The Morgan fingerprint density at radius 3 is 2.90 bits per heavy atom. The standard InChI is InChI=1S/C15H20ClN3O2/c16-12-3-1-2-11(8-12)13-9-17-4-6-19(13)15(20)14-10-18-5-7-21-14/h1-3,8,13-14,17-18H,4-7,9-10H2/t13?,14-/m0/s1. The van der Waals surface area contributed by atoms with E-state index < -0.39 is 0 Å². The van der Waals surface area contributed by atoms with Gasteiger partial charge in [-0.05, 0) is 17.7 Å². The Labute approximate surface area is 129 Å². The molecule has 1 amide bonds. The predicted octanol–water partition coefficient (Wildman–Crippen LogP) is 0.801. The molecule has 5 nitrogen and oxygen atoms in total. The maximum absolute atomic E-state index is 12.7. The van der Waals surface area contributed by atoms with Crippen molar-refractivity contribution in [3.05, 3.63) is 34.9 Å². The molecule has 2 fully saturated rings. The van der Waals surface area contributed by atoms with Crippen molar-refractivity contribution in [2.24, 2.45) is 0 Å². The third kappa shape index (κ3) is 3.37. The monoisotopic (exact) mass is 309 g/mol. The summed E-state index contributed by atoms with van der Waals surface area (Å²) in [5.41, 5.74) is 1.06. The zero-order valence-electron chi connectivity index (χ0n) is 11.8. The summed E-state index contributed by atoms with van der Waals surface area (Å²) in [6.45, 7) is 4.23. The highest BCUT2D eigenvalue weighted by Gasteiger charge is 2.33. The van der Waals surface area contributed by atoms with E-state index in [9.17, 15) is 4.79 Å². The van der Waals surface area contributed by atoms with Crippen LogP contribution in [0.25, 0.3) is 0 Å². The molecule has 21 heavy (non-hydrogen) atoms. The average molecular weight is 310 g/mol. The minimum absolute atomic E-state index is 0.00970. The summed E-state index contributed by atoms with van der Waals surface area (Å²) < 4.78 is 5.60. The molecule has 1 unspecified atom stereocenters. The smallest absolute Gasteiger partial charge is 0.253 e. The molecular weight excluding hydrogens is 290 g/mol. The third-order valence-corrected chi connectivity index (χ3v) is 4.20. The first-order valence-electron chi connectivity index (χ1n) is 7.34. The van der Waals surface area contributed by atoms with Gasteiger partial charge in [-0.15, -0.1) is 0 Å². The number of halogens is 1. The number of hydrogen-bond acceptors (Lipinski definition) is 4. The minimum Gasteiger partial charge on any atom is -0.366 e. The van der Waals surface area contributed by atoms with E-state index in [-0.39, 0.29) is 18.1 Å². The first kappa shape index (κ1) is 14.8. The molecule has 2 aliphatic rings. The van der Waals surface area contributed by atoms with Crippen LogP contribution >= 0.6 is 11.6 Å². The van der Waals surface area contributed by atoms with Crippen LogP contribution in [0.4, 0.5) is 0 Å². The topological polar surface area (TPSA) is 53.6 Å². The average Bonchev–Trinajstić information content (AvgIpc) is 2.55. The van der Waals surface area contributed by atoms with Gasteiger partial charge in [-0.3, -0.25) is 4.79 Å². The van der Waals surface area contributed by atoms with Crippen molar-refractivity contribution in [2.45, 2.75) is 12.1 Å². The highest BCUT2D eigenvalue weighted by atomic mass is 35.5. The molecule has 2 N–H and O–H groups in total. The molecule has 3 rings (SSSR count). The zero-order chi connectivity index (χ0) is 14.7. The van der Waals surface area contributed by atoms with Gasteiger partial charge in [0.1, 0.15) is 6.10 Å². The molecular formula is C15H20ClN3O2. The van der Waals surface area contributed by atoms with E-state index in [4.69, 9.17) is 16.3 Å². The largest absolute Gasteiger partial charge is 0.366 e. The van der Waals surface area contributed by atoms with Crippen LogP contribution in [0.2, 0.25) is 5.02 Å². The lowest BCUT2D eigenvalue weighted by Crippen LogP contribution is -2.55. The van der Waals surface area contributed by atoms with Gasteiger partial charge in [0.2, 0.25) is 0 Å². The summed E-state index contributed by atoms with van der Waals surface area (Å²) >= 11 is 6.08. The van der Waals surface area contributed by atoms with Gasteiger partial charge < -0.3 is 20.3 Å². The molecule has 2 saturated heterocycles. The summed E-state index contributed by atoms with van der Waals surface area (Å²) in [6, 6.07) is 7.73. The van der Waals surface area contributed by atoms with E-state index in [2.05, 4.69) is 10.6 Å². The molecule has 1 aromatic carbocycles. The summed E-state index contributed by atoms with van der Waals surface area (Å²) in [5.74, 6) is 0.0636. The van der Waals surface area contributed by atoms with Crippen LogP contribution in [-0.4, -0.2) is 56.2 Å².